The maximum absolute atomic E-state index is 9.01. The van der Waals surface area contributed by atoms with E-state index in [1.165, 1.54) is 17.7 Å². The molecule has 18 heavy (non-hydrogen) atoms. The molecule has 0 saturated carbocycles. The second kappa shape index (κ2) is 5.56. The first-order valence-electron chi connectivity index (χ1n) is 5.63. The lowest BCUT2D eigenvalue weighted by Gasteiger charge is -2.01. The topological polar surface area (TPSA) is 71.7 Å². The number of ether oxygens (including phenoxy) is 1. The summed E-state index contributed by atoms with van der Waals surface area (Å²) in [7, 11) is 0. The smallest absolute Gasteiger partial charge is 0.216 e. The molecule has 0 bridgehead atoms. The Morgan fingerprint density at radius 3 is 2.83 bits per heavy atom. The van der Waals surface area contributed by atoms with Crippen LogP contribution < -0.4 is 4.74 Å². The molecule has 0 unspecified atom stereocenters. The van der Waals surface area contributed by atoms with Crippen LogP contribution in [0, 0.1) is 11.3 Å². The molecule has 0 aliphatic carbocycles. The van der Waals surface area contributed by atoms with E-state index in [9.17, 15) is 0 Å². The monoisotopic (exact) mass is 260 g/mol. The van der Waals surface area contributed by atoms with Crippen LogP contribution in [0.3, 0.4) is 0 Å². The van der Waals surface area contributed by atoms with E-state index < -0.39 is 0 Å². The minimum Gasteiger partial charge on any atom is -0.478 e. The normalized spacial score (nSPS) is 10.1. The van der Waals surface area contributed by atoms with Gasteiger partial charge in [-0.05, 0) is 13.3 Å². The molecule has 0 fully saturated rings. The number of hydrogen-bond donors (Lipinski definition) is 0. The first-order valence-corrected chi connectivity index (χ1v) is 6.45. The molecule has 0 N–H and O–H groups in total. The highest BCUT2D eigenvalue weighted by Gasteiger charge is 2.12. The molecule has 2 rings (SSSR count). The summed E-state index contributed by atoms with van der Waals surface area (Å²) in [6.45, 7) is 4.43. The second-order valence-electron chi connectivity index (χ2n) is 3.43. The fourth-order valence-corrected chi connectivity index (χ4v) is 2.39. The number of aryl methyl sites for hydroxylation is 1. The van der Waals surface area contributed by atoms with Crippen molar-refractivity contribution in [3.8, 4) is 22.7 Å². The molecule has 0 radical (unpaired) electrons. The molecule has 2 aromatic rings. The van der Waals surface area contributed by atoms with Crippen LogP contribution in [-0.2, 0) is 6.42 Å². The molecule has 2 aromatic heterocycles. The van der Waals surface area contributed by atoms with Crippen molar-refractivity contribution in [2.45, 2.75) is 20.3 Å². The van der Waals surface area contributed by atoms with Gasteiger partial charge in [0.1, 0.15) is 28.0 Å². The highest BCUT2D eigenvalue weighted by Crippen LogP contribution is 2.27. The highest BCUT2D eigenvalue weighted by molar-refractivity contribution is 7.15. The quantitative estimate of drug-likeness (QED) is 0.844. The van der Waals surface area contributed by atoms with Crippen molar-refractivity contribution in [2.24, 2.45) is 0 Å². The SMILES string of the molecule is CCOc1cc(-c2nc(CC)c(C#N)s2)ncn1. The van der Waals surface area contributed by atoms with Crippen LogP contribution in [0.4, 0.5) is 0 Å². The van der Waals surface area contributed by atoms with E-state index in [-0.39, 0.29) is 0 Å². The molecule has 0 atom stereocenters. The van der Waals surface area contributed by atoms with E-state index in [1.807, 2.05) is 13.8 Å². The average molecular weight is 260 g/mol. The number of hydrogen-bond acceptors (Lipinski definition) is 6. The first-order chi connectivity index (χ1) is 8.78. The zero-order valence-corrected chi connectivity index (χ0v) is 11.0. The summed E-state index contributed by atoms with van der Waals surface area (Å²) < 4.78 is 5.32. The van der Waals surface area contributed by atoms with Crippen molar-refractivity contribution in [3.63, 3.8) is 0 Å². The standard InChI is InChI=1S/C12H12N4OS/c1-3-8-10(6-13)18-12(16-8)9-5-11(17-4-2)15-7-14-9/h5,7H,3-4H2,1-2H3. The molecule has 6 heteroatoms. The Kier molecular flexibility index (Phi) is 3.85. The van der Waals surface area contributed by atoms with Crippen LogP contribution in [0.2, 0.25) is 0 Å². The van der Waals surface area contributed by atoms with E-state index in [0.717, 1.165) is 17.1 Å². The van der Waals surface area contributed by atoms with Crippen LogP contribution in [-0.4, -0.2) is 21.6 Å². The number of rotatable bonds is 4. The van der Waals surface area contributed by atoms with Crippen molar-refractivity contribution in [1.29, 1.82) is 5.26 Å². The van der Waals surface area contributed by atoms with E-state index >= 15 is 0 Å². The van der Waals surface area contributed by atoms with E-state index in [2.05, 4.69) is 21.0 Å². The molecule has 0 aliphatic rings. The Bertz CT molecular complexity index is 588. The van der Waals surface area contributed by atoms with Gasteiger partial charge in [-0.1, -0.05) is 6.92 Å². The highest BCUT2D eigenvalue weighted by atomic mass is 32.1. The van der Waals surface area contributed by atoms with Crippen LogP contribution >= 0.6 is 11.3 Å². The summed E-state index contributed by atoms with van der Waals surface area (Å²) in [6, 6.07) is 3.90. The van der Waals surface area contributed by atoms with Gasteiger partial charge >= 0.3 is 0 Å². The molecular weight excluding hydrogens is 248 g/mol. The number of thiazole rings is 1. The molecule has 0 aromatic carbocycles. The van der Waals surface area contributed by atoms with E-state index in [0.29, 0.717) is 23.1 Å². The summed E-state index contributed by atoms with van der Waals surface area (Å²) >= 11 is 1.35. The van der Waals surface area contributed by atoms with Gasteiger partial charge in [-0.3, -0.25) is 0 Å². The third kappa shape index (κ3) is 2.46. The first kappa shape index (κ1) is 12.5. The van der Waals surface area contributed by atoms with Crippen molar-refractivity contribution in [2.75, 3.05) is 6.61 Å². The Hall–Kier alpha value is -2.00. The minimum atomic E-state index is 0.522. The lowest BCUT2D eigenvalue weighted by molar-refractivity contribution is 0.326. The van der Waals surface area contributed by atoms with Gasteiger partial charge in [0.15, 0.2) is 0 Å². The second-order valence-corrected chi connectivity index (χ2v) is 4.43. The predicted molar refractivity (Wildman–Crippen MR) is 68.4 cm³/mol. The minimum absolute atomic E-state index is 0.522. The van der Waals surface area contributed by atoms with Gasteiger partial charge in [0.25, 0.3) is 0 Å². The third-order valence-corrected chi connectivity index (χ3v) is 3.31. The predicted octanol–water partition coefficient (Wildman–Crippen LogP) is 2.43. The van der Waals surface area contributed by atoms with Gasteiger partial charge in [-0.2, -0.15) is 5.26 Å². The zero-order valence-electron chi connectivity index (χ0n) is 10.2. The largest absolute Gasteiger partial charge is 0.478 e. The Labute approximate surface area is 109 Å². The lowest BCUT2D eigenvalue weighted by atomic mass is 10.3. The molecule has 0 saturated heterocycles. The van der Waals surface area contributed by atoms with Gasteiger partial charge in [0.2, 0.25) is 5.88 Å². The summed E-state index contributed by atoms with van der Waals surface area (Å²) in [6.07, 6.45) is 2.18. The van der Waals surface area contributed by atoms with Crippen molar-refractivity contribution in [3.05, 3.63) is 23.0 Å². The number of nitrogens with zero attached hydrogens (tertiary/aromatic N) is 4. The molecule has 0 amide bonds. The van der Waals surface area contributed by atoms with Crippen LogP contribution in [0.1, 0.15) is 24.4 Å². The van der Waals surface area contributed by atoms with Crippen LogP contribution in [0.5, 0.6) is 5.88 Å². The third-order valence-electron chi connectivity index (χ3n) is 2.29. The molecule has 2 heterocycles. The summed E-state index contributed by atoms with van der Waals surface area (Å²) in [5, 5.41) is 9.74. The fourth-order valence-electron chi connectivity index (χ4n) is 1.47. The maximum Gasteiger partial charge on any atom is 0.216 e. The Balaban J connectivity index is 2.39. The van der Waals surface area contributed by atoms with E-state index in [4.69, 9.17) is 10.00 Å². The Morgan fingerprint density at radius 2 is 2.22 bits per heavy atom. The fraction of sp³-hybridized carbons (Fsp3) is 0.333. The molecule has 5 nitrogen and oxygen atoms in total. The molecule has 0 aliphatic heterocycles. The number of aromatic nitrogens is 3. The molecule has 92 valence electrons. The summed E-state index contributed by atoms with van der Waals surface area (Å²) in [5.41, 5.74) is 1.50. The summed E-state index contributed by atoms with van der Waals surface area (Å²) in [5.74, 6) is 0.522. The van der Waals surface area contributed by atoms with Crippen LogP contribution in [0.25, 0.3) is 10.7 Å². The number of nitriles is 1. The summed E-state index contributed by atoms with van der Waals surface area (Å²) in [4.78, 5) is 13.2. The van der Waals surface area contributed by atoms with Crippen molar-refractivity contribution >= 4 is 11.3 Å². The van der Waals surface area contributed by atoms with E-state index in [1.54, 1.807) is 6.07 Å². The van der Waals surface area contributed by atoms with Crippen LogP contribution in [0.15, 0.2) is 12.4 Å². The maximum atomic E-state index is 9.01. The van der Waals surface area contributed by atoms with Gasteiger partial charge < -0.3 is 4.74 Å². The Morgan fingerprint density at radius 1 is 1.39 bits per heavy atom. The van der Waals surface area contributed by atoms with Crippen molar-refractivity contribution < 1.29 is 4.74 Å². The zero-order chi connectivity index (χ0) is 13.0. The van der Waals surface area contributed by atoms with Gasteiger partial charge in [0.05, 0.1) is 12.3 Å². The molecular formula is C12H12N4OS. The van der Waals surface area contributed by atoms with Crippen molar-refractivity contribution in [1.82, 2.24) is 15.0 Å². The van der Waals surface area contributed by atoms with Gasteiger partial charge in [-0.25, -0.2) is 15.0 Å². The average Bonchev–Trinajstić information content (AvgIpc) is 2.82. The molecule has 0 spiro atoms. The van der Waals surface area contributed by atoms with Gasteiger partial charge in [0, 0.05) is 6.07 Å². The van der Waals surface area contributed by atoms with Gasteiger partial charge in [-0.15, -0.1) is 11.3 Å². The lowest BCUT2D eigenvalue weighted by Crippen LogP contribution is -1.95.